The maximum Gasteiger partial charge on any atom is 0.151 e. The van der Waals surface area contributed by atoms with Crippen LogP contribution in [0.25, 0.3) is 0 Å². The third-order valence-electron chi connectivity index (χ3n) is 3.86. The molecule has 1 aliphatic heterocycles. The van der Waals surface area contributed by atoms with Gasteiger partial charge in [0.2, 0.25) is 0 Å². The van der Waals surface area contributed by atoms with E-state index >= 15 is 0 Å². The molecule has 6 heteroatoms. The molecule has 2 atom stereocenters. The number of benzene rings is 2. The zero-order chi connectivity index (χ0) is 16.9. The summed E-state index contributed by atoms with van der Waals surface area (Å²) in [5.41, 5.74) is 0.944. The standard InChI is InChI=1S/C18H19BrFNO3/c1-22-14-4-2-3-12(9-14)18(17-11-21-7-8-23-17)24-16-6-5-13(20)10-15(16)19/h2-6,9-10,17-18,21H,7-8,11H2,1H3/t17-,18-/m0/s1. The van der Waals surface area contributed by atoms with Gasteiger partial charge in [0.05, 0.1) is 18.2 Å². The zero-order valence-corrected chi connectivity index (χ0v) is 14.9. The smallest absolute Gasteiger partial charge is 0.151 e. The lowest BCUT2D eigenvalue weighted by molar-refractivity contribution is -0.0435. The van der Waals surface area contributed by atoms with Gasteiger partial charge in [0.15, 0.2) is 6.10 Å². The minimum absolute atomic E-state index is 0.150. The number of hydrogen-bond donors (Lipinski definition) is 1. The Balaban J connectivity index is 1.91. The number of ether oxygens (including phenoxy) is 3. The molecule has 128 valence electrons. The van der Waals surface area contributed by atoms with Gasteiger partial charge in [0.1, 0.15) is 23.4 Å². The second-order valence-corrected chi connectivity index (χ2v) is 6.36. The molecule has 0 spiro atoms. The molecule has 1 aliphatic rings. The molecule has 1 N–H and O–H groups in total. The third-order valence-corrected chi connectivity index (χ3v) is 4.48. The highest BCUT2D eigenvalue weighted by atomic mass is 79.9. The summed E-state index contributed by atoms with van der Waals surface area (Å²) in [6.45, 7) is 2.13. The van der Waals surface area contributed by atoms with Gasteiger partial charge in [0, 0.05) is 13.1 Å². The highest BCUT2D eigenvalue weighted by Gasteiger charge is 2.28. The SMILES string of the molecule is COc1cccc([C@H](Oc2ccc(F)cc2Br)[C@@H]2CNCCO2)c1. The van der Waals surface area contributed by atoms with Crippen LogP contribution in [0, 0.1) is 5.82 Å². The Labute approximate surface area is 149 Å². The van der Waals surface area contributed by atoms with Crippen LogP contribution in [0.5, 0.6) is 11.5 Å². The van der Waals surface area contributed by atoms with Gasteiger partial charge in [-0.25, -0.2) is 4.39 Å². The van der Waals surface area contributed by atoms with E-state index in [0.29, 0.717) is 23.4 Å². The van der Waals surface area contributed by atoms with Crippen molar-refractivity contribution in [2.45, 2.75) is 12.2 Å². The highest BCUT2D eigenvalue weighted by molar-refractivity contribution is 9.10. The molecule has 0 bridgehead atoms. The van der Waals surface area contributed by atoms with Crippen molar-refractivity contribution in [3.63, 3.8) is 0 Å². The molecule has 1 heterocycles. The maximum atomic E-state index is 13.3. The number of rotatable bonds is 5. The average molecular weight is 396 g/mol. The van der Waals surface area contributed by atoms with Crippen LogP contribution in [-0.4, -0.2) is 32.9 Å². The Morgan fingerprint density at radius 1 is 1.29 bits per heavy atom. The van der Waals surface area contributed by atoms with Crippen molar-refractivity contribution in [1.29, 1.82) is 0 Å². The van der Waals surface area contributed by atoms with E-state index in [9.17, 15) is 4.39 Å². The minimum Gasteiger partial charge on any atom is -0.497 e. The summed E-state index contributed by atoms with van der Waals surface area (Å²) in [7, 11) is 1.63. The first kappa shape index (κ1) is 17.2. The fourth-order valence-corrected chi connectivity index (χ4v) is 3.11. The molecule has 0 radical (unpaired) electrons. The van der Waals surface area contributed by atoms with Crippen molar-refractivity contribution in [3.8, 4) is 11.5 Å². The largest absolute Gasteiger partial charge is 0.497 e. The lowest BCUT2D eigenvalue weighted by Gasteiger charge is -2.32. The summed E-state index contributed by atoms with van der Waals surface area (Å²) in [5.74, 6) is 1.00. The van der Waals surface area contributed by atoms with Crippen molar-refractivity contribution >= 4 is 15.9 Å². The van der Waals surface area contributed by atoms with Crippen molar-refractivity contribution in [2.75, 3.05) is 26.8 Å². The molecular weight excluding hydrogens is 377 g/mol. The minimum atomic E-state index is -0.338. The summed E-state index contributed by atoms with van der Waals surface area (Å²) in [6.07, 6.45) is -0.488. The lowest BCUT2D eigenvalue weighted by Crippen LogP contribution is -2.43. The maximum absolute atomic E-state index is 13.3. The van der Waals surface area contributed by atoms with Gasteiger partial charge >= 0.3 is 0 Å². The topological polar surface area (TPSA) is 39.7 Å². The number of hydrogen-bond acceptors (Lipinski definition) is 4. The van der Waals surface area contributed by atoms with Crippen LogP contribution < -0.4 is 14.8 Å². The Hall–Kier alpha value is -1.63. The fourth-order valence-electron chi connectivity index (χ4n) is 2.66. The van der Waals surface area contributed by atoms with E-state index in [1.54, 1.807) is 13.2 Å². The molecule has 0 unspecified atom stereocenters. The molecule has 1 saturated heterocycles. The van der Waals surface area contributed by atoms with Gasteiger partial charge in [0.25, 0.3) is 0 Å². The molecule has 0 aliphatic carbocycles. The van der Waals surface area contributed by atoms with E-state index in [4.69, 9.17) is 14.2 Å². The predicted octanol–water partition coefficient (Wildman–Crippen LogP) is 3.71. The Bertz CT molecular complexity index is 692. The van der Waals surface area contributed by atoms with Gasteiger partial charge < -0.3 is 19.5 Å². The molecule has 1 fully saturated rings. The third kappa shape index (κ3) is 4.06. The van der Waals surface area contributed by atoms with Crippen LogP contribution in [-0.2, 0) is 4.74 Å². The van der Waals surface area contributed by atoms with Crippen molar-refractivity contribution < 1.29 is 18.6 Å². The fraction of sp³-hybridized carbons (Fsp3) is 0.333. The quantitative estimate of drug-likeness (QED) is 0.837. The average Bonchev–Trinajstić information content (AvgIpc) is 2.62. The molecule has 2 aromatic rings. The van der Waals surface area contributed by atoms with E-state index in [0.717, 1.165) is 17.9 Å². The van der Waals surface area contributed by atoms with Crippen LogP contribution in [0.3, 0.4) is 0 Å². The lowest BCUT2D eigenvalue weighted by atomic mass is 10.0. The second-order valence-electron chi connectivity index (χ2n) is 5.50. The van der Waals surface area contributed by atoms with Gasteiger partial charge in [-0.3, -0.25) is 0 Å². The van der Waals surface area contributed by atoms with E-state index in [-0.39, 0.29) is 18.0 Å². The van der Waals surface area contributed by atoms with Crippen LogP contribution >= 0.6 is 15.9 Å². The summed E-state index contributed by atoms with van der Waals surface area (Å²) in [4.78, 5) is 0. The van der Waals surface area contributed by atoms with Crippen molar-refractivity contribution in [1.82, 2.24) is 5.32 Å². The van der Waals surface area contributed by atoms with Crippen molar-refractivity contribution in [2.24, 2.45) is 0 Å². The van der Waals surface area contributed by atoms with Crippen LogP contribution in [0.15, 0.2) is 46.9 Å². The van der Waals surface area contributed by atoms with Crippen LogP contribution in [0.2, 0.25) is 0 Å². The van der Waals surface area contributed by atoms with E-state index < -0.39 is 0 Å². The van der Waals surface area contributed by atoms with Crippen LogP contribution in [0.4, 0.5) is 4.39 Å². The number of methoxy groups -OCH3 is 1. The van der Waals surface area contributed by atoms with Gasteiger partial charge in [-0.1, -0.05) is 12.1 Å². The Morgan fingerprint density at radius 2 is 2.17 bits per heavy atom. The Morgan fingerprint density at radius 3 is 2.88 bits per heavy atom. The van der Waals surface area contributed by atoms with E-state index in [1.807, 2.05) is 24.3 Å². The van der Waals surface area contributed by atoms with Crippen molar-refractivity contribution in [3.05, 3.63) is 58.3 Å². The first-order chi connectivity index (χ1) is 11.7. The summed E-state index contributed by atoms with van der Waals surface area (Å²) in [6, 6.07) is 12.1. The predicted molar refractivity (Wildman–Crippen MR) is 93.1 cm³/mol. The first-order valence-electron chi connectivity index (χ1n) is 7.75. The zero-order valence-electron chi connectivity index (χ0n) is 13.3. The summed E-state index contributed by atoms with van der Waals surface area (Å²) >= 11 is 3.35. The summed E-state index contributed by atoms with van der Waals surface area (Å²) in [5, 5.41) is 3.32. The van der Waals surface area contributed by atoms with Crippen LogP contribution in [0.1, 0.15) is 11.7 Å². The van der Waals surface area contributed by atoms with E-state index in [1.165, 1.54) is 12.1 Å². The molecule has 3 rings (SSSR count). The molecular formula is C18H19BrFNO3. The molecule has 4 nitrogen and oxygen atoms in total. The molecule has 0 saturated carbocycles. The number of nitrogens with one attached hydrogen (secondary N) is 1. The number of halogens is 2. The second kappa shape index (κ2) is 7.96. The summed E-state index contributed by atoms with van der Waals surface area (Å²) < 4.78 is 31.3. The first-order valence-corrected chi connectivity index (χ1v) is 8.54. The normalized spacial score (nSPS) is 18.9. The molecule has 2 aromatic carbocycles. The van der Waals surface area contributed by atoms with E-state index in [2.05, 4.69) is 21.2 Å². The molecule has 24 heavy (non-hydrogen) atoms. The molecule has 0 amide bonds. The monoisotopic (exact) mass is 395 g/mol. The van der Waals surface area contributed by atoms with Gasteiger partial charge in [-0.2, -0.15) is 0 Å². The van der Waals surface area contributed by atoms with Gasteiger partial charge in [-0.15, -0.1) is 0 Å². The Kier molecular flexibility index (Phi) is 5.71. The molecule has 0 aromatic heterocycles. The van der Waals surface area contributed by atoms with Gasteiger partial charge in [-0.05, 0) is 51.8 Å². The number of morpholine rings is 1. The highest BCUT2D eigenvalue weighted by Crippen LogP contribution is 2.33.